The summed E-state index contributed by atoms with van der Waals surface area (Å²) in [5.41, 5.74) is 2.67. The van der Waals surface area contributed by atoms with Gasteiger partial charge in [-0.1, -0.05) is 17.7 Å². The molecule has 0 fully saturated rings. The number of benzene rings is 2. The fraction of sp³-hybridized carbons (Fsp3) is 0.0714. The summed E-state index contributed by atoms with van der Waals surface area (Å²) in [6.45, 7) is 0. The zero-order valence-corrected chi connectivity index (χ0v) is 12.4. The van der Waals surface area contributed by atoms with E-state index in [4.69, 9.17) is 16.3 Å². The highest BCUT2D eigenvalue weighted by Gasteiger charge is 2.11. The van der Waals surface area contributed by atoms with E-state index < -0.39 is 0 Å². The van der Waals surface area contributed by atoms with E-state index in [1.54, 1.807) is 7.11 Å². The number of hydrogen-bond donors (Lipinski definition) is 1. The second-order valence-corrected chi connectivity index (χ2v) is 5.30. The molecule has 1 heterocycles. The highest BCUT2D eigenvalue weighted by molar-refractivity contribution is 9.10. The average Bonchev–Trinajstić information content (AvgIpc) is 2.84. The number of imidazole rings is 1. The van der Waals surface area contributed by atoms with Crippen molar-refractivity contribution in [3.8, 4) is 17.1 Å². The van der Waals surface area contributed by atoms with E-state index in [2.05, 4.69) is 25.9 Å². The summed E-state index contributed by atoms with van der Waals surface area (Å²) in [4.78, 5) is 7.80. The Morgan fingerprint density at radius 1 is 1.26 bits per heavy atom. The topological polar surface area (TPSA) is 37.9 Å². The van der Waals surface area contributed by atoms with E-state index in [1.165, 1.54) is 0 Å². The molecular weight excluding hydrogens is 328 g/mol. The lowest BCUT2D eigenvalue weighted by molar-refractivity contribution is 0.415. The van der Waals surface area contributed by atoms with Crippen molar-refractivity contribution >= 4 is 38.6 Å². The number of aromatic amines is 1. The van der Waals surface area contributed by atoms with Crippen molar-refractivity contribution in [2.45, 2.75) is 0 Å². The van der Waals surface area contributed by atoms with E-state index in [9.17, 15) is 0 Å². The van der Waals surface area contributed by atoms with Crippen molar-refractivity contribution in [2.24, 2.45) is 0 Å². The van der Waals surface area contributed by atoms with Gasteiger partial charge in [0, 0.05) is 16.1 Å². The Hall–Kier alpha value is -1.52. The third-order valence-electron chi connectivity index (χ3n) is 2.90. The van der Waals surface area contributed by atoms with Gasteiger partial charge in [0.2, 0.25) is 0 Å². The summed E-state index contributed by atoms with van der Waals surface area (Å²) >= 11 is 9.70. The standard InChI is InChI=1S/C14H10BrClN2O/c1-19-8-5-6-11-12(7-8)18-14(17-11)9-3-2-4-10(15)13(9)16/h2-7H,1H3,(H,17,18). The van der Waals surface area contributed by atoms with Gasteiger partial charge < -0.3 is 9.72 Å². The quantitative estimate of drug-likeness (QED) is 0.739. The summed E-state index contributed by atoms with van der Waals surface area (Å²) in [5.74, 6) is 1.54. The van der Waals surface area contributed by atoms with Crippen LogP contribution in [0.25, 0.3) is 22.4 Å². The highest BCUT2D eigenvalue weighted by Crippen LogP contribution is 2.33. The molecule has 19 heavy (non-hydrogen) atoms. The monoisotopic (exact) mass is 336 g/mol. The first-order valence-electron chi connectivity index (χ1n) is 5.67. The Labute approximate surface area is 123 Å². The first kappa shape index (κ1) is 12.5. The molecule has 0 aliphatic heterocycles. The van der Waals surface area contributed by atoms with Crippen molar-refractivity contribution in [1.29, 1.82) is 0 Å². The zero-order chi connectivity index (χ0) is 13.4. The normalized spacial score (nSPS) is 10.9. The van der Waals surface area contributed by atoms with Crippen LogP contribution in [0.3, 0.4) is 0 Å². The van der Waals surface area contributed by atoms with E-state index >= 15 is 0 Å². The van der Waals surface area contributed by atoms with Crippen LogP contribution in [0.5, 0.6) is 5.75 Å². The largest absolute Gasteiger partial charge is 0.497 e. The van der Waals surface area contributed by atoms with E-state index in [0.717, 1.165) is 32.6 Å². The van der Waals surface area contributed by atoms with Crippen LogP contribution in [0.15, 0.2) is 40.9 Å². The fourth-order valence-corrected chi connectivity index (χ4v) is 2.51. The SMILES string of the molecule is COc1ccc2nc(-c3cccc(Br)c3Cl)[nH]c2c1. The van der Waals surface area contributed by atoms with Gasteiger partial charge >= 0.3 is 0 Å². The van der Waals surface area contributed by atoms with Crippen LogP contribution in [0.2, 0.25) is 5.02 Å². The van der Waals surface area contributed by atoms with E-state index in [1.807, 2.05) is 36.4 Å². The van der Waals surface area contributed by atoms with E-state index in [0.29, 0.717) is 5.02 Å². The first-order valence-corrected chi connectivity index (χ1v) is 6.84. The minimum absolute atomic E-state index is 0.647. The van der Waals surface area contributed by atoms with Gasteiger partial charge in [-0.25, -0.2) is 4.98 Å². The maximum atomic E-state index is 6.28. The second kappa shape index (κ2) is 4.87. The molecule has 0 amide bonds. The number of nitrogens with one attached hydrogen (secondary N) is 1. The lowest BCUT2D eigenvalue weighted by Gasteiger charge is -2.01. The predicted octanol–water partition coefficient (Wildman–Crippen LogP) is 4.65. The van der Waals surface area contributed by atoms with Crippen LogP contribution < -0.4 is 4.74 Å². The number of methoxy groups -OCH3 is 1. The Kier molecular flexibility index (Phi) is 3.21. The van der Waals surface area contributed by atoms with Gasteiger partial charge in [0.05, 0.1) is 23.2 Å². The van der Waals surface area contributed by atoms with Crippen molar-refractivity contribution in [1.82, 2.24) is 9.97 Å². The van der Waals surface area contributed by atoms with Gasteiger partial charge in [-0.05, 0) is 40.2 Å². The Balaban J connectivity index is 2.18. The zero-order valence-electron chi connectivity index (χ0n) is 10.1. The minimum atomic E-state index is 0.647. The molecule has 0 radical (unpaired) electrons. The van der Waals surface area contributed by atoms with Gasteiger partial charge in [0.25, 0.3) is 0 Å². The molecule has 3 aromatic rings. The van der Waals surface area contributed by atoms with Gasteiger partial charge in [-0.2, -0.15) is 0 Å². The van der Waals surface area contributed by atoms with Crippen molar-refractivity contribution in [2.75, 3.05) is 7.11 Å². The molecule has 0 saturated heterocycles. The van der Waals surface area contributed by atoms with Gasteiger partial charge in [-0.15, -0.1) is 0 Å². The Bertz CT molecular complexity index is 754. The van der Waals surface area contributed by atoms with Gasteiger partial charge in [0.1, 0.15) is 11.6 Å². The van der Waals surface area contributed by atoms with Gasteiger partial charge in [-0.3, -0.25) is 0 Å². The number of H-pyrrole nitrogens is 1. The number of hydrogen-bond acceptors (Lipinski definition) is 2. The molecule has 1 aromatic heterocycles. The molecule has 0 aliphatic rings. The second-order valence-electron chi connectivity index (χ2n) is 4.07. The average molecular weight is 338 g/mol. The number of rotatable bonds is 2. The molecule has 3 nitrogen and oxygen atoms in total. The minimum Gasteiger partial charge on any atom is -0.497 e. The maximum Gasteiger partial charge on any atom is 0.140 e. The van der Waals surface area contributed by atoms with Crippen molar-refractivity contribution in [3.63, 3.8) is 0 Å². The maximum absolute atomic E-state index is 6.28. The highest BCUT2D eigenvalue weighted by atomic mass is 79.9. The van der Waals surface area contributed by atoms with Gasteiger partial charge in [0.15, 0.2) is 0 Å². The Morgan fingerprint density at radius 2 is 2.11 bits per heavy atom. The third-order valence-corrected chi connectivity index (χ3v) is 4.19. The van der Waals surface area contributed by atoms with Crippen LogP contribution in [-0.4, -0.2) is 17.1 Å². The number of aromatic nitrogens is 2. The van der Waals surface area contributed by atoms with Crippen LogP contribution in [0.1, 0.15) is 0 Å². The summed E-state index contributed by atoms with van der Waals surface area (Å²) in [5, 5.41) is 0.647. The molecule has 0 spiro atoms. The molecule has 5 heteroatoms. The van der Waals surface area contributed by atoms with Crippen LogP contribution in [-0.2, 0) is 0 Å². The summed E-state index contributed by atoms with van der Waals surface area (Å²) < 4.78 is 6.05. The van der Waals surface area contributed by atoms with Crippen LogP contribution in [0.4, 0.5) is 0 Å². The number of halogens is 2. The van der Waals surface area contributed by atoms with Crippen LogP contribution in [0, 0.1) is 0 Å². The summed E-state index contributed by atoms with van der Waals surface area (Å²) in [6.07, 6.45) is 0. The van der Waals surface area contributed by atoms with Crippen molar-refractivity contribution in [3.05, 3.63) is 45.9 Å². The van der Waals surface area contributed by atoms with E-state index in [-0.39, 0.29) is 0 Å². The molecule has 0 bridgehead atoms. The smallest absolute Gasteiger partial charge is 0.140 e. The molecule has 0 saturated carbocycles. The molecule has 0 atom stereocenters. The summed E-state index contributed by atoms with van der Waals surface area (Å²) in [6, 6.07) is 11.5. The fourth-order valence-electron chi connectivity index (χ4n) is 1.93. The predicted molar refractivity (Wildman–Crippen MR) is 80.8 cm³/mol. The Morgan fingerprint density at radius 3 is 2.89 bits per heavy atom. The van der Waals surface area contributed by atoms with Crippen molar-refractivity contribution < 1.29 is 4.74 Å². The molecular formula is C14H10BrClN2O. The summed E-state index contributed by atoms with van der Waals surface area (Å²) in [7, 11) is 1.64. The number of ether oxygens (including phenoxy) is 1. The lowest BCUT2D eigenvalue weighted by atomic mass is 10.2. The molecule has 96 valence electrons. The molecule has 3 rings (SSSR count). The number of nitrogens with zero attached hydrogens (tertiary/aromatic N) is 1. The lowest BCUT2D eigenvalue weighted by Crippen LogP contribution is -1.82. The molecule has 1 N–H and O–H groups in total. The molecule has 0 unspecified atom stereocenters. The molecule has 2 aromatic carbocycles. The molecule has 0 aliphatic carbocycles. The third kappa shape index (κ3) is 2.22. The number of fused-ring (bicyclic) bond motifs is 1. The van der Waals surface area contributed by atoms with Crippen LogP contribution >= 0.6 is 27.5 Å². The first-order chi connectivity index (χ1) is 9.19.